The van der Waals surface area contributed by atoms with Gasteiger partial charge >= 0.3 is 5.97 Å². The molecule has 4 heteroatoms. The molecule has 0 unspecified atom stereocenters. The first-order valence-electron chi connectivity index (χ1n) is 4.76. The molecule has 0 saturated heterocycles. The molecular weight excluding hydrogens is 371 g/mol. The highest BCUT2D eigenvalue weighted by Crippen LogP contribution is 2.18. The first kappa shape index (κ1) is 13.0. The second-order valence-electron chi connectivity index (χ2n) is 3.15. The number of rotatable bonds is 4. The van der Waals surface area contributed by atoms with Crippen LogP contribution in [0.3, 0.4) is 0 Å². The van der Waals surface area contributed by atoms with Crippen LogP contribution in [0.15, 0.2) is 22.7 Å². The minimum absolute atomic E-state index is 0.248. The third kappa shape index (κ3) is 4.51. The largest absolute Gasteiger partial charge is 0.462 e. The second kappa shape index (κ2) is 6.48. The quantitative estimate of drug-likeness (QED) is 0.446. The van der Waals surface area contributed by atoms with E-state index in [0.29, 0.717) is 12.2 Å². The van der Waals surface area contributed by atoms with Gasteiger partial charge in [0.15, 0.2) is 0 Å². The predicted octanol–water partition coefficient (Wildman–Crippen LogP) is 4.01. The van der Waals surface area contributed by atoms with E-state index in [4.69, 9.17) is 4.74 Å². The molecule has 0 aliphatic carbocycles. The van der Waals surface area contributed by atoms with Crippen LogP contribution in [0.4, 0.5) is 0 Å². The van der Waals surface area contributed by atoms with Gasteiger partial charge in [-0.25, -0.2) is 4.79 Å². The number of carbonyl (C=O) groups excluding carboxylic acids is 1. The molecule has 1 aromatic carbocycles. The van der Waals surface area contributed by atoms with Gasteiger partial charge in [-0.15, -0.1) is 0 Å². The van der Waals surface area contributed by atoms with E-state index in [1.54, 1.807) is 6.07 Å². The summed E-state index contributed by atoms with van der Waals surface area (Å²) < 4.78 is 7.03. The topological polar surface area (TPSA) is 26.3 Å². The molecule has 0 atom stereocenters. The van der Waals surface area contributed by atoms with Crippen LogP contribution in [-0.2, 0) is 4.74 Å². The van der Waals surface area contributed by atoms with Crippen molar-refractivity contribution in [2.75, 3.05) is 6.61 Å². The summed E-state index contributed by atoms with van der Waals surface area (Å²) in [5.74, 6) is -0.248. The van der Waals surface area contributed by atoms with Gasteiger partial charge < -0.3 is 4.74 Å². The van der Waals surface area contributed by atoms with Gasteiger partial charge in [0.1, 0.15) is 0 Å². The Morgan fingerprint density at radius 3 is 2.80 bits per heavy atom. The molecule has 1 rings (SSSR count). The van der Waals surface area contributed by atoms with Crippen LogP contribution in [0.2, 0.25) is 0 Å². The summed E-state index contributed by atoms with van der Waals surface area (Å²) in [5, 5.41) is 0. The minimum Gasteiger partial charge on any atom is -0.462 e. The van der Waals surface area contributed by atoms with Crippen molar-refractivity contribution in [1.82, 2.24) is 0 Å². The van der Waals surface area contributed by atoms with Crippen LogP contribution in [0, 0.1) is 3.57 Å². The molecule has 82 valence electrons. The number of hydrogen-bond acceptors (Lipinski definition) is 2. The lowest BCUT2D eigenvalue weighted by atomic mass is 10.2. The van der Waals surface area contributed by atoms with Gasteiger partial charge in [-0.3, -0.25) is 0 Å². The summed E-state index contributed by atoms with van der Waals surface area (Å²) in [6.45, 7) is 2.56. The smallest absolute Gasteiger partial charge is 0.338 e. The molecule has 0 bridgehead atoms. The van der Waals surface area contributed by atoms with E-state index in [1.165, 1.54) is 0 Å². The van der Waals surface area contributed by atoms with Crippen LogP contribution < -0.4 is 0 Å². The molecule has 0 heterocycles. The van der Waals surface area contributed by atoms with E-state index in [2.05, 4.69) is 45.4 Å². The van der Waals surface area contributed by atoms with Gasteiger partial charge in [-0.2, -0.15) is 0 Å². The minimum atomic E-state index is -0.248. The maximum Gasteiger partial charge on any atom is 0.338 e. The highest BCUT2D eigenvalue weighted by atomic mass is 127. The maximum absolute atomic E-state index is 11.6. The molecular formula is C11H12BrIO2. The number of hydrogen-bond donors (Lipinski definition) is 0. The number of carbonyl (C=O) groups is 1. The average Bonchev–Trinajstić information content (AvgIpc) is 2.16. The van der Waals surface area contributed by atoms with Gasteiger partial charge in [-0.1, -0.05) is 29.3 Å². The standard InChI is InChI=1S/C11H12BrIO2/c1-2-3-4-15-11(14)8-5-9(12)7-10(13)6-8/h5-7H,2-4H2,1H3. The van der Waals surface area contributed by atoms with Crippen molar-refractivity contribution in [3.8, 4) is 0 Å². The lowest BCUT2D eigenvalue weighted by molar-refractivity contribution is 0.0499. The Bertz CT molecular complexity index is 332. The van der Waals surface area contributed by atoms with E-state index in [9.17, 15) is 4.79 Å². The van der Waals surface area contributed by atoms with E-state index in [0.717, 1.165) is 20.9 Å². The van der Waals surface area contributed by atoms with Crippen LogP contribution in [0.1, 0.15) is 30.1 Å². The van der Waals surface area contributed by atoms with E-state index < -0.39 is 0 Å². The molecule has 0 aliphatic rings. The average molecular weight is 383 g/mol. The number of ether oxygens (including phenoxy) is 1. The molecule has 0 fully saturated rings. The third-order valence-electron chi connectivity index (χ3n) is 1.83. The normalized spacial score (nSPS) is 10.1. The van der Waals surface area contributed by atoms with Crippen LogP contribution in [-0.4, -0.2) is 12.6 Å². The van der Waals surface area contributed by atoms with E-state index >= 15 is 0 Å². The van der Waals surface area contributed by atoms with Crippen molar-refractivity contribution in [3.05, 3.63) is 31.8 Å². The van der Waals surface area contributed by atoms with Gasteiger partial charge in [0.05, 0.1) is 12.2 Å². The molecule has 0 aliphatic heterocycles. The Kier molecular flexibility index (Phi) is 5.60. The fourth-order valence-corrected chi connectivity index (χ4v) is 2.66. The fourth-order valence-electron chi connectivity index (χ4n) is 1.06. The van der Waals surface area contributed by atoms with Gasteiger partial charge in [-0.05, 0) is 47.2 Å². The molecule has 0 aromatic heterocycles. The van der Waals surface area contributed by atoms with Crippen LogP contribution >= 0.6 is 38.5 Å². The number of esters is 1. The fraction of sp³-hybridized carbons (Fsp3) is 0.364. The zero-order chi connectivity index (χ0) is 11.3. The van der Waals surface area contributed by atoms with Crippen molar-refractivity contribution in [3.63, 3.8) is 0 Å². The SMILES string of the molecule is CCCCOC(=O)c1cc(Br)cc(I)c1. The van der Waals surface area contributed by atoms with Gasteiger partial charge in [0, 0.05) is 8.04 Å². The number of halogens is 2. The van der Waals surface area contributed by atoms with Crippen molar-refractivity contribution in [2.45, 2.75) is 19.8 Å². The number of unbranched alkanes of at least 4 members (excludes halogenated alkanes) is 1. The third-order valence-corrected chi connectivity index (χ3v) is 2.91. The van der Waals surface area contributed by atoms with E-state index in [-0.39, 0.29) is 5.97 Å². The van der Waals surface area contributed by atoms with Crippen molar-refractivity contribution < 1.29 is 9.53 Å². The molecule has 0 N–H and O–H groups in total. The van der Waals surface area contributed by atoms with Crippen molar-refractivity contribution in [2.24, 2.45) is 0 Å². The van der Waals surface area contributed by atoms with Crippen LogP contribution in [0.5, 0.6) is 0 Å². The lowest BCUT2D eigenvalue weighted by Gasteiger charge is -2.04. The molecule has 0 radical (unpaired) electrons. The van der Waals surface area contributed by atoms with Crippen molar-refractivity contribution in [1.29, 1.82) is 0 Å². The monoisotopic (exact) mass is 382 g/mol. The maximum atomic E-state index is 11.6. The Labute approximate surface area is 112 Å². The molecule has 1 aromatic rings. The first-order chi connectivity index (χ1) is 7.13. The zero-order valence-corrected chi connectivity index (χ0v) is 12.2. The Balaban J connectivity index is 2.65. The highest BCUT2D eigenvalue weighted by Gasteiger charge is 2.08. The molecule has 0 saturated carbocycles. The summed E-state index contributed by atoms with van der Waals surface area (Å²) in [6, 6.07) is 5.54. The first-order valence-corrected chi connectivity index (χ1v) is 6.64. The Hall–Kier alpha value is -0.100. The Morgan fingerprint density at radius 2 is 2.20 bits per heavy atom. The second-order valence-corrected chi connectivity index (χ2v) is 5.31. The summed E-state index contributed by atoms with van der Waals surface area (Å²) in [7, 11) is 0. The summed E-state index contributed by atoms with van der Waals surface area (Å²) >= 11 is 5.52. The highest BCUT2D eigenvalue weighted by molar-refractivity contribution is 14.1. The van der Waals surface area contributed by atoms with Gasteiger partial charge in [0.25, 0.3) is 0 Å². The zero-order valence-electron chi connectivity index (χ0n) is 8.43. The van der Waals surface area contributed by atoms with Gasteiger partial charge in [0.2, 0.25) is 0 Å². The van der Waals surface area contributed by atoms with E-state index in [1.807, 2.05) is 12.1 Å². The Morgan fingerprint density at radius 1 is 1.47 bits per heavy atom. The number of benzene rings is 1. The molecule has 0 spiro atoms. The molecule has 0 amide bonds. The summed E-state index contributed by atoms with van der Waals surface area (Å²) in [5.41, 5.74) is 0.602. The summed E-state index contributed by atoms with van der Waals surface area (Å²) in [6.07, 6.45) is 1.94. The molecule has 2 nitrogen and oxygen atoms in total. The summed E-state index contributed by atoms with van der Waals surface area (Å²) in [4.78, 5) is 11.6. The molecule has 15 heavy (non-hydrogen) atoms. The lowest BCUT2D eigenvalue weighted by Crippen LogP contribution is -2.06. The van der Waals surface area contributed by atoms with Crippen molar-refractivity contribution >= 4 is 44.5 Å². The predicted molar refractivity (Wildman–Crippen MR) is 72.0 cm³/mol. The van der Waals surface area contributed by atoms with Crippen LogP contribution in [0.25, 0.3) is 0 Å².